The SMILES string of the molecule is CCNC(=NCC1CCN(S(C)(=O)=O)CC1)NC1CCN(CC2CCCCC2)CC1. The zero-order valence-corrected chi connectivity index (χ0v) is 19.9. The molecule has 3 rings (SSSR count). The van der Waals surface area contributed by atoms with Crippen molar-refractivity contribution in [3.63, 3.8) is 0 Å². The van der Waals surface area contributed by atoms with Crippen molar-refractivity contribution in [2.75, 3.05) is 52.1 Å². The lowest BCUT2D eigenvalue weighted by molar-refractivity contribution is 0.160. The Bertz CT molecular complexity index is 632. The van der Waals surface area contributed by atoms with E-state index in [1.165, 1.54) is 70.8 Å². The monoisotopic (exact) mass is 441 g/mol. The van der Waals surface area contributed by atoms with Crippen molar-refractivity contribution in [3.8, 4) is 0 Å². The van der Waals surface area contributed by atoms with Crippen LogP contribution in [-0.2, 0) is 10.0 Å². The Morgan fingerprint density at radius 2 is 1.60 bits per heavy atom. The van der Waals surface area contributed by atoms with Gasteiger partial charge in [0.25, 0.3) is 0 Å². The Morgan fingerprint density at radius 1 is 0.933 bits per heavy atom. The number of likely N-dealkylation sites (tertiary alicyclic amines) is 1. The first-order valence-electron chi connectivity index (χ1n) is 12.2. The lowest BCUT2D eigenvalue weighted by atomic mass is 9.88. The molecule has 2 aliphatic heterocycles. The van der Waals surface area contributed by atoms with Crippen LogP contribution < -0.4 is 10.6 Å². The highest BCUT2D eigenvalue weighted by atomic mass is 32.2. The van der Waals surface area contributed by atoms with E-state index in [0.717, 1.165) is 37.8 Å². The average Bonchev–Trinajstić information content (AvgIpc) is 2.74. The Balaban J connectivity index is 1.40. The maximum absolute atomic E-state index is 11.7. The molecule has 3 aliphatic rings. The summed E-state index contributed by atoms with van der Waals surface area (Å²) in [5, 5.41) is 7.06. The van der Waals surface area contributed by atoms with Crippen molar-refractivity contribution in [2.24, 2.45) is 16.8 Å². The van der Waals surface area contributed by atoms with Crippen LogP contribution in [0.3, 0.4) is 0 Å². The lowest BCUT2D eigenvalue weighted by Gasteiger charge is -2.36. The third-order valence-corrected chi connectivity index (χ3v) is 8.37. The van der Waals surface area contributed by atoms with Gasteiger partial charge in [0.1, 0.15) is 0 Å². The molecule has 30 heavy (non-hydrogen) atoms. The molecule has 0 amide bonds. The summed E-state index contributed by atoms with van der Waals surface area (Å²) < 4.78 is 24.9. The maximum Gasteiger partial charge on any atom is 0.211 e. The number of aliphatic imine (C=N–C) groups is 1. The van der Waals surface area contributed by atoms with E-state index >= 15 is 0 Å². The predicted molar refractivity (Wildman–Crippen MR) is 124 cm³/mol. The number of rotatable bonds is 7. The Labute approximate surface area is 184 Å². The number of nitrogens with zero attached hydrogens (tertiary/aromatic N) is 3. The third kappa shape index (κ3) is 7.68. The summed E-state index contributed by atoms with van der Waals surface area (Å²) in [5.74, 6) is 2.32. The number of guanidine groups is 1. The van der Waals surface area contributed by atoms with Gasteiger partial charge < -0.3 is 15.5 Å². The summed E-state index contributed by atoms with van der Waals surface area (Å²) in [5.41, 5.74) is 0. The molecule has 0 atom stereocenters. The van der Waals surface area contributed by atoms with Gasteiger partial charge in [-0.1, -0.05) is 19.3 Å². The van der Waals surface area contributed by atoms with E-state index < -0.39 is 10.0 Å². The molecule has 0 aromatic heterocycles. The molecule has 1 aliphatic carbocycles. The zero-order valence-electron chi connectivity index (χ0n) is 19.1. The Morgan fingerprint density at radius 3 is 2.20 bits per heavy atom. The van der Waals surface area contributed by atoms with Crippen molar-refractivity contribution < 1.29 is 8.42 Å². The first-order chi connectivity index (χ1) is 14.4. The number of hydrogen-bond donors (Lipinski definition) is 2. The fourth-order valence-electron chi connectivity index (χ4n) is 5.15. The molecule has 0 aromatic rings. The largest absolute Gasteiger partial charge is 0.357 e. The number of nitrogens with one attached hydrogen (secondary N) is 2. The highest BCUT2D eigenvalue weighted by molar-refractivity contribution is 7.88. The second-order valence-electron chi connectivity index (χ2n) is 9.55. The summed E-state index contributed by atoms with van der Waals surface area (Å²) in [6.07, 6.45) is 12.6. The molecule has 2 N–H and O–H groups in total. The van der Waals surface area contributed by atoms with Crippen LogP contribution in [0.1, 0.15) is 64.7 Å². The predicted octanol–water partition coefficient (Wildman–Crippen LogP) is 2.26. The molecule has 3 fully saturated rings. The number of piperidine rings is 2. The first-order valence-corrected chi connectivity index (χ1v) is 14.0. The second kappa shape index (κ2) is 11.7. The molecular formula is C22H43N5O2S. The van der Waals surface area contributed by atoms with E-state index in [1.807, 2.05) is 0 Å². The van der Waals surface area contributed by atoms with E-state index in [4.69, 9.17) is 4.99 Å². The van der Waals surface area contributed by atoms with Gasteiger partial charge in [0, 0.05) is 51.9 Å². The van der Waals surface area contributed by atoms with Gasteiger partial charge in [0.05, 0.1) is 6.26 Å². The fourth-order valence-corrected chi connectivity index (χ4v) is 6.03. The lowest BCUT2D eigenvalue weighted by Crippen LogP contribution is -2.49. The van der Waals surface area contributed by atoms with Crippen LogP contribution in [-0.4, -0.2) is 81.7 Å². The van der Waals surface area contributed by atoms with Gasteiger partial charge in [0.15, 0.2) is 5.96 Å². The molecule has 0 bridgehead atoms. The highest BCUT2D eigenvalue weighted by Crippen LogP contribution is 2.25. The van der Waals surface area contributed by atoms with E-state index in [1.54, 1.807) is 4.31 Å². The van der Waals surface area contributed by atoms with Crippen LogP contribution in [0.25, 0.3) is 0 Å². The Hall–Kier alpha value is -0.860. The molecule has 0 spiro atoms. The Kier molecular flexibility index (Phi) is 9.26. The van der Waals surface area contributed by atoms with Crippen molar-refractivity contribution in [3.05, 3.63) is 0 Å². The molecule has 2 heterocycles. The molecule has 7 nitrogen and oxygen atoms in total. The van der Waals surface area contributed by atoms with Crippen LogP contribution in [0.4, 0.5) is 0 Å². The molecule has 0 radical (unpaired) electrons. The molecule has 174 valence electrons. The van der Waals surface area contributed by atoms with Crippen molar-refractivity contribution >= 4 is 16.0 Å². The summed E-state index contributed by atoms with van der Waals surface area (Å²) in [6, 6.07) is 0.498. The van der Waals surface area contributed by atoms with Crippen LogP contribution in [0.15, 0.2) is 4.99 Å². The number of sulfonamides is 1. The minimum absolute atomic E-state index is 0.468. The minimum Gasteiger partial charge on any atom is -0.357 e. The summed E-state index contributed by atoms with van der Waals surface area (Å²) in [4.78, 5) is 7.52. The molecule has 8 heteroatoms. The van der Waals surface area contributed by atoms with Crippen molar-refractivity contribution in [2.45, 2.75) is 70.8 Å². The number of hydrogen-bond acceptors (Lipinski definition) is 4. The smallest absolute Gasteiger partial charge is 0.211 e. The van der Waals surface area contributed by atoms with E-state index in [2.05, 4.69) is 22.5 Å². The summed E-state index contributed by atoms with van der Waals surface area (Å²) in [6.45, 7) is 8.67. The van der Waals surface area contributed by atoms with Gasteiger partial charge >= 0.3 is 0 Å². The van der Waals surface area contributed by atoms with Gasteiger partial charge in [-0.2, -0.15) is 0 Å². The van der Waals surface area contributed by atoms with Crippen LogP contribution in [0, 0.1) is 11.8 Å². The van der Waals surface area contributed by atoms with Crippen molar-refractivity contribution in [1.29, 1.82) is 0 Å². The molecule has 0 unspecified atom stereocenters. The van der Waals surface area contributed by atoms with Crippen LogP contribution in [0.5, 0.6) is 0 Å². The van der Waals surface area contributed by atoms with E-state index in [9.17, 15) is 8.42 Å². The second-order valence-corrected chi connectivity index (χ2v) is 11.5. The van der Waals surface area contributed by atoms with E-state index in [-0.39, 0.29) is 0 Å². The molecular weight excluding hydrogens is 398 g/mol. The van der Waals surface area contributed by atoms with Gasteiger partial charge in [-0.05, 0) is 57.3 Å². The molecule has 1 saturated carbocycles. The van der Waals surface area contributed by atoms with Gasteiger partial charge in [-0.3, -0.25) is 4.99 Å². The summed E-state index contributed by atoms with van der Waals surface area (Å²) in [7, 11) is -3.05. The normalized spacial score (nSPS) is 24.8. The third-order valence-electron chi connectivity index (χ3n) is 7.06. The van der Waals surface area contributed by atoms with Crippen LogP contribution >= 0.6 is 0 Å². The first kappa shape index (κ1) is 23.8. The highest BCUT2D eigenvalue weighted by Gasteiger charge is 2.26. The quantitative estimate of drug-likeness (QED) is 0.468. The average molecular weight is 442 g/mol. The zero-order chi connectivity index (χ0) is 21.4. The molecule has 0 aromatic carbocycles. The maximum atomic E-state index is 11.7. The van der Waals surface area contributed by atoms with Crippen LogP contribution in [0.2, 0.25) is 0 Å². The van der Waals surface area contributed by atoms with Gasteiger partial charge in [-0.25, -0.2) is 12.7 Å². The fraction of sp³-hybridized carbons (Fsp3) is 0.955. The topological polar surface area (TPSA) is 77.0 Å². The van der Waals surface area contributed by atoms with Gasteiger partial charge in [-0.15, -0.1) is 0 Å². The molecule has 2 saturated heterocycles. The minimum atomic E-state index is -3.05. The summed E-state index contributed by atoms with van der Waals surface area (Å²) >= 11 is 0. The van der Waals surface area contributed by atoms with Crippen molar-refractivity contribution in [1.82, 2.24) is 19.8 Å². The standard InChI is InChI=1S/C22H43N5O2S/c1-3-23-22(24-17-19-9-15-27(16-10-19)30(2,28)29)25-21-11-13-26(14-12-21)18-20-7-5-4-6-8-20/h19-21H,3-18H2,1-2H3,(H2,23,24,25). The van der Waals surface area contributed by atoms with Gasteiger partial charge in [0.2, 0.25) is 10.0 Å². The van der Waals surface area contributed by atoms with E-state index in [0.29, 0.717) is 25.0 Å².